The minimum atomic E-state index is -0.505. The Morgan fingerprint density at radius 3 is 2.89 bits per heavy atom. The van der Waals surface area contributed by atoms with Crippen molar-refractivity contribution in [1.82, 2.24) is 4.98 Å². The average molecular weight is 260 g/mol. The molecule has 0 spiro atoms. The van der Waals surface area contributed by atoms with Crippen molar-refractivity contribution in [1.29, 1.82) is 0 Å². The van der Waals surface area contributed by atoms with Crippen LogP contribution in [0.1, 0.15) is 16.1 Å². The third-order valence-electron chi connectivity index (χ3n) is 2.60. The van der Waals surface area contributed by atoms with Gasteiger partial charge in [-0.15, -0.1) is 0 Å². The van der Waals surface area contributed by atoms with Gasteiger partial charge in [0.15, 0.2) is 0 Å². The van der Waals surface area contributed by atoms with E-state index in [2.05, 4.69) is 15.0 Å². The molecular weight excluding hydrogens is 247 g/mol. The summed E-state index contributed by atoms with van der Waals surface area (Å²) in [5.41, 5.74) is 1.44. The molecule has 1 aromatic heterocycles. The smallest absolute Gasteiger partial charge is 0.356 e. The van der Waals surface area contributed by atoms with E-state index in [0.717, 1.165) is 0 Å². The largest absolute Gasteiger partial charge is 0.464 e. The molecule has 0 unspecified atom stereocenters. The molecule has 0 aliphatic heterocycles. The predicted molar refractivity (Wildman–Crippen MR) is 69.3 cm³/mol. The van der Waals surface area contributed by atoms with Gasteiger partial charge in [0.1, 0.15) is 11.5 Å². The van der Waals surface area contributed by atoms with E-state index in [1.54, 1.807) is 30.3 Å². The zero-order valence-electron chi connectivity index (χ0n) is 10.4. The number of carbonyl (C=O) groups excluding carboxylic acids is 1. The Balaban J connectivity index is 2.08. The van der Waals surface area contributed by atoms with Crippen molar-refractivity contribution in [3.63, 3.8) is 0 Å². The van der Waals surface area contributed by atoms with Crippen LogP contribution in [-0.2, 0) is 11.3 Å². The second-order valence-corrected chi connectivity index (χ2v) is 3.87. The molecule has 0 bridgehead atoms. The van der Waals surface area contributed by atoms with Crippen LogP contribution in [0.3, 0.4) is 0 Å². The van der Waals surface area contributed by atoms with Crippen LogP contribution in [0.4, 0.5) is 10.1 Å². The summed E-state index contributed by atoms with van der Waals surface area (Å²) in [6.07, 6.45) is 1.50. The van der Waals surface area contributed by atoms with E-state index in [9.17, 15) is 9.18 Å². The Hall–Kier alpha value is -2.43. The number of pyridine rings is 1. The number of benzene rings is 1. The highest BCUT2D eigenvalue weighted by molar-refractivity contribution is 5.88. The van der Waals surface area contributed by atoms with Crippen LogP contribution >= 0.6 is 0 Å². The number of rotatable bonds is 4. The lowest BCUT2D eigenvalue weighted by Crippen LogP contribution is -2.06. The highest BCUT2D eigenvalue weighted by Gasteiger charge is 2.07. The van der Waals surface area contributed by atoms with Crippen LogP contribution in [0.25, 0.3) is 0 Å². The Morgan fingerprint density at radius 1 is 1.37 bits per heavy atom. The summed E-state index contributed by atoms with van der Waals surface area (Å²) in [6, 6.07) is 9.78. The maximum atomic E-state index is 13.4. The molecule has 98 valence electrons. The SMILES string of the molecule is COC(=O)c1cc(NCc2ccccc2F)ccn1. The first-order chi connectivity index (χ1) is 9.20. The molecule has 2 aromatic rings. The number of hydrogen-bond donors (Lipinski definition) is 1. The Labute approximate surface area is 110 Å². The Kier molecular flexibility index (Phi) is 4.07. The summed E-state index contributed by atoms with van der Waals surface area (Å²) in [5.74, 6) is -0.771. The van der Waals surface area contributed by atoms with Crippen LogP contribution in [0, 0.1) is 5.82 Å². The zero-order chi connectivity index (χ0) is 13.7. The number of esters is 1. The van der Waals surface area contributed by atoms with E-state index in [-0.39, 0.29) is 11.5 Å². The van der Waals surface area contributed by atoms with Crippen LogP contribution in [-0.4, -0.2) is 18.1 Å². The van der Waals surface area contributed by atoms with E-state index in [0.29, 0.717) is 17.8 Å². The number of nitrogens with zero attached hydrogens (tertiary/aromatic N) is 1. The van der Waals surface area contributed by atoms with Gasteiger partial charge in [-0.2, -0.15) is 0 Å². The number of carbonyl (C=O) groups is 1. The summed E-state index contributed by atoms with van der Waals surface area (Å²) >= 11 is 0. The Bertz CT molecular complexity index is 587. The molecule has 0 saturated heterocycles. The van der Waals surface area contributed by atoms with Gasteiger partial charge in [-0.3, -0.25) is 0 Å². The van der Waals surface area contributed by atoms with Crippen LogP contribution in [0.2, 0.25) is 0 Å². The van der Waals surface area contributed by atoms with E-state index in [1.165, 1.54) is 19.4 Å². The summed E-state index contributed by atoms with van der Waals surface area (Å²) in [4.78, 5) is 15.2. The molecule has 1 heterocycles. The first kappa shape index (κ1) is 13.0. The molecule has 4 nitrogen and oxygen atoms in total. The molecule has 0 amide bonds. The summed E-state index contributed by atoms with van der Waals surface area (Å²) in [5, 5.41) is 3.03. The molecule has 1 N–H and O–H groups in total. The topological polar surface area (TPSA) is 51.2 Å². The van der Waals surface area contributed by atoms with E-state index in [1.807, 2.05) is 0 Å². The number of nitrogens with one attached hydrogen (secondary N) is 1. The van der Waals surface area contributed by atoms with Gasteiger partial charge in [0.05, 0.1) is 7.11 Å². The molecule has 0 radical (unpaired) electrons. The lowest BCUT2D eigenvalue weighted by molar-refractivity contribution is 0.0594. The summed E-state index contributed by atoms with van der Waals surface area (Å²) in [7, 11) is 1.30. The van der Waals surface area contributed by atoms with Gasteiger partial charge in [0.25, 0.3) is 0 Å². The Morgan fingerprint density at radius 2 is 2.16 bits per heavy atom. The van der Waals surface area contributed by atoms with Gasteiger partial charge in [-0.05, 0) is 18.2 Å². The van der Waals surface area contributed by atoms with Crippen molar-refractivity contribution in [2.24, 2.45) is 0 Å². The molecule has 0 atom stereocenters. The van der Waals surface area contributed by atoms with Gasteiger partial charge < -0.3 is 10.1 Å². The molecule has 19 heavy (non-hydrogen) atoms. The maximum Gasteiger partial charge on any atom is 0.356 e. The predicted octanol–water partition coefficient (Wildman–Crippen LogP) is 2.62. The minimum absolute atomic E-state index is 0.209. The quantitative estimate of drug-likeness (QED) is 0.858. The van der Waals surface area contributed by atoms with Crippen LogP contribution < -0.4 is 5.32 Å². The van der Waals surface area contributed by atoms with E-state index in [4.69, 9.17) is 0 Å². The minimum Gasteiger partial charge on any atom is -0.464 e. The van der Waals surface area contributed by atoms with E-state index >= 15 is 0 Å². The maximum absolute atomic E-state index is 13.4. The number of ether oxygens (including phenoxy) is 1. The second-order valence-electron chi connectivity index (χ2n) is 3.87. The molecular formula is C14H13FN2O2. The molecule has 1 aromatic carbocycles. The number of aromatic nitrogens is 1. The fourth-order valence-electron chi connectivity index (χ4n) is 1.60. The molecule has 5 heteroatoms. The normalized spacial score (nSPS) is 10.0. The molecule has 0 saturated carbocycles. The van der Waals surface area contributed by atoms with E-state index < -0.39 is 5.97 Å². The first-order valence-electron chi connectivity index (χ1n) is 5.72. The lowest BCUT2D eigenvalue weighted by Gasteiger charge is -2.08. The van der Waals surface area contributed by atoms with Crippen molar-refractivity contribution >= 4 is 11.7 Å². The van der Waals surface area contributed by atoms with Gasteiger partial charge in [-0.25, -0.2) is 14.2 Å². The number of anilines is 1. The van der Waals surface area contributed by atoms with Gasteiger partial charge >= 0.3 is 5.97 Å². The second kappa shape index (κ2) is 5.95. The van der Waals surface area contributed by atoms with Crippen molar-refractivity contribution < 1.29 is 13.9 Å². The van der Waals surface area contributed by atoms with Crippen LogP contribution in [0.5, 0.6) is 0 Å². The zero-order valence-corrected chi connectivity index (χ0v) is 10.4. The van der Waals surface area contributed by atoms with Gasteiger partial charge in [0, 0.05) is 24.0 Å². The van der Waals surface area contributed by atoms with Crippen molar-refractivity contribution in [2.75, 3.05) is 12.4 Å². The fourth-order valence-corrected chi connectivity index (χ4v) is 1.60. The number of hydrogen-bond acceptors (Lipinski definition) is 4. The summed E-state index contributed by atoms with van der Waals surface area (Å²) < 4.78 is 18.0. The first-order valence-corrected chi connectivity index (χ1v) is 5.72. The van der Waals surface area contributed by atoms with Crippen molar-refractivity contribution in [3.8, 4) is 0 Å². The van der Waals surface area contributed by atoms with Gasteiger partial charge in [0.2, 0.25) is 0 Å². The monoisotopic (exact) mass is 260 g/mol. The average Bonchev–Trinajstić information content (AvgIpc) is 2.46. The highest BCUT2D eigenvalue weighted by Crippen LogP contribution is 2.12. The number of halogens is 1. The lowest BCUT2D eigenvalue weighted by atomic mass is 10.2. The molecule has 0 fully saturated rings. The highest BCUT2D eigenvalue weighted by atomic mass is 19.1. The fraction of sp³-hybridized carbons (Fsp3) is 0.143. The number of methoxy groups -OCH3 is 1. The third-order valence-corrected chi connectivity index (χ3v) is 2.60. The van der Waals surface area contributed by atoms with Gasteiger partial charge in [-0.1, -0.05) is 18.2 Å². The molecule has 2 rings (SSSR count). The molecule has 0 aliphatic rings. The van der Waals surface area contributed by atoms with Crippen LogP contribution in [0.15, 0.2) is 42.6 Å². The third kappa shape index (κ3) is 3.28. The standard InChI is InChI=1S/C14H13FN2O2/c1-19-14(18)13-8-11(6-7-16-13)17-9-10-4-2-3-5-12(10)15/h2-8H,9H2,1H3,(H,16,17). The summed E-state index contributed by atoms with van der Waals surface area (Å²) in [6.45, 7) is 0.331. The van der Waals surface area contributed by atoms with Crippen molar-refractivity contribution in [2.45, 2.75) is 6.54 Å². The van der Waals surface area contributed by atoms with Crippen molar-refractivity contribution in [3.05, 3.63) is 59.7 Å². The molecule has 0 aliphatic carbocycles.